The maximum atomic E-state index is 12.9. The molecule has 1 aliphatic rings. The summed E-state index contributed by atoms with van der Waals surface area (Å²) in [6.45, 7) is 1.58. The third-order valence-corrected chi connectivity index (χ3v) is 5.00. The van der Waals surface area contributed by atoms with Gasteiger partial charge in [0.2, 0.25) is 5.91 Å². The minimum Gasteiger partial charge on any atom is -0.382 e. The fraction of sp³-hybridized carbons (Fsp3) is 0.294. The first kappa shape index (κ1) is 16.3. The van der Waals surface area contributed by atoms with Gasteiger partial charge in [0, 0.05) is 13.1 Å². The molecule has 1 amide bonds. The van der Waals surface area contributed by atoms with Crippen LogP contribution in [0.15, 0.2) is 41.7 Å². The number of thioether (sulfide) groups is 1. The Balaban J connectivity index is 1.89. The van der Waals surface area contributed by atoms with Crippen LogP contribution in [0.3, 0.4) is 0 Å². The number of nitrogens with two attached hydrogens (primary N) is 1. The van der Waals surface area contributed by atoms with E-state index in [2.05, 4.69) is 9.97 Å². The second kappa shape index (κ2) is 7.32. The van der Waals surface area contributed by atoms with Crippen molar-refractivity contribution in [2.75, 3.05) is 18.8 Å². The quantitative estimate of drug-likeness (QED) is 0.679. The van der Waals surface area contributed by atoms with Gasteiger partial charge in [-0.3, -0.25) is 4.79 Å². The molecule has 2 aromatic rings. The zero-order valence-corrected chi connectivity index (χ0v) is 13.9. The van der Waals surface area contributed by atoms with E-state index in [4.69, 9.17) is 11.0 Å². The van der Waals surface area contributed by atoms with Gasteiger partial charge < -0.3 is 10.6 Å². The van der Waals surface area contributed by atoms with Crippen molar-refractivity contribution in [1.82, 2.24) is 14.9 Å². The van der Waals surface area contributed by atoms with Crippen molar-refractivity contribution in [3.63, 3.8) is 0 Å². The van der Waals surface area contributed by atoms with E-state index >= 15 is 0 Å². The van der Waals surface area contributed by atoms with Crippen molar-refractivity contribution in [3.8, 4) is 6.07 Å². The summed E-state index contributed by atoms with van der Waals surface area (Å²) in [5, 5.41) is 8.90. The maximum absolute atomic E-state index is 12.9. The molecular formula is C17H17N5OS. The lowest BCUT2D eigenvalue weighted by molar-refractivity contribution is -0.129. The molecule has 1 aromatic carbocycles. The summed E-state index contributed by atoms with van der Waals surface area (Å²) in [4.78, 5) is 23.1. The highest BCUT2D eigenvalue weighted by atomic mass is 32.2. The van der Waals surface area contributed by atoms with Crippen LogP contribution in [0.4, 0.5) is 5.82 Å². The third kappa shape index (κ3) is 3.49. The Labute approximate surface area is 144 Å². The average Bonchev–Trinajstić information content (AvgIpc) is 3.15. The van der Waals surface area contributed by atoms with Crippen LogP contribution in [-0.4, -0.2) is 33.9 Å². The highest BCUT2D eigenvalue weighted by Gasteiger charge is 2.29. The van der Waals surface area contributed by atoms with E-state index in [1.54, 1.807) is 0 Å². The highest BCUT2D eigenvalue weighted by Crippen LogP contribution is 2.36. The molecular weight excluding hydrogens is 322 g/mol. The monoisotopic (exact) mass is 339 g/mol. The fourth-order valence-electron chi connectivity index (χ4n) is 2.62. The van der Waals surface area contributed by atoms with Crippen molar-refractivity contribution < 1.29 is 4.79 Å². The van der Waals surface area contributed by atoms with Gasteiger partial charge in [-0.25, -0.2) is 9.97 Å². The SMILES string of the molecule is N#Cc1cnc(S[C@H](C(=O)N2CCCC2)c2ccccc2)nc1N. The van der Waals surface area contributed by atoms with Gasteiger partial charge in [0.15, 0.2) is 5.16 Å². The molecule has 122 valence electrons. The summed E-state index contributed by atoms with van der Waals surface area (Å²) in [6.07, 6.45) is 3.48. The first-order valence-electron chi connectivity index (χ1n) is 7.72. The maximum Gasteiger partial charge on any atom is 0.240 e. The molecule has 0 saturated carbocycles. The van der Waals surface area contributed by atoms with Gasteiger partial charge >= 0.3 is 0 Å². The zero-order valence-electron chi connectivity index (χ0n) is 13.1. The van der Waals surface area contributed by atoms with Crippen LogP contribution < -0.4 is 5.73 Å². The number of nitrogen functional groups attached to an aromatic ring is 1. The third-order valence-electron chi connectivity index (χ3n) is 3.88. The van der Waals surface area contributed by atoms with Gasteiger partial charge in [-0.05, 0) is 18.4 Å². The van der Waals surface area contributed by atoms with E-state index in [0.29, 0.717) is 5.16 Å². The molecule has 1 saturated heterocycles. The summed E-state index contributed by atoms with van der Waals surface area (Å²) in [5.41, 5.74) is 6.91. The summed E-state index contributed by atoms with van der Waals surface area (Å²) in [6, 6.07) is 11.5. The van der Waals surface area contributed by atoms with E-state index in [1.807, 2.05) is 41.3 Å². The topological polar surface area (TPSA) is 95.9 Å². The standard InChI is InChI=1S/C17H17N5OS/c18-10-13-11-20-17(21-15(13)19)24-14(12-6-2-1-3-7-12)16(23)22-8-4-5-9-22/h1-3,6-7,11,14H,4-5,8-9H2,(H2,19,20,21)/t14-/m0/s1. The first-order valence-corrected chi connectivity index (χ1v) is 8.60. The summed E-state index contributed by atoms with van der Waals surface area (Å²) in [5.74, 6) is 0.200. The molecule has 24 heavy (non-hydrogen) atoms. The highest BCUT2D eigenvalue weighted by molar-refractivity contribution is 8.00. The minimum atomic E-state index is -0.420. The van der Waals surface area contributed by atoms with Crippen molar-refractivity contribution in [2.24, 2.45) is 0 Å². The van der Waals surface area contributed by atoms with E-state index < -0.39 is 5.25 Å². The molecule has 0 bridgehead atoms. The van der Waals surface area contributed by atoms with Gasteiger partial charge in [-0.2, -0.15) is 5.26 Å². The second-order valence-electron chi connectivity index (χ2n) is 5.50. The molecule has 6 nitrogen and oxygen atoms in total. The largest absolute Gasteiger partial charge is 0.382 e. The van der Waals surface area contributed by atoms with Gasteiger partial charge in [0.05, 0.1) is 6.20 Å². The molecule has 0 spiro atoms. The van der Waals surface area contributed by atoms with Crippen molar-refractivity contribution in [3.05, 3.63) is 47.7 Å². The second-order valence-corrected chi connectivity index (χ2v) is 6.58. The number of aromatic nitrogens is 2. The van der Waals surface area contributed by atoms with Gasteiger partial charge in [0.1, 0.15) is 22.7 Å². The van der Waals surface area contributed by atoms with Crippen LogP contribution in [0.1, 0.15) is 29.2 Å². The summed E-state index contributed by atoms with van der Waals surface area (Å²) in [7, 11) is 0. The molecule has 2 N–H and O–H groups in total. The van der Waals surface area contributed by atoms with Crippen molar-refractivity contribution in [2.45, 2.75) is 23.2 Å². The Morgan fingerprint density at radius 2 is 2.00 bits per heavy atom. The van der Waals surface area contributed by atoms with Crippen molar-refractivity contribution >= 4 is 23.5 Å². The van der Waals surface area contributed by atoms with Crippen LogP contribution >= 0.6 is 11.8 Å². The number of likely N-dealkylation sites (tertiary alicyclic amines) is 1. The molecule has 2 heterocycles. The number of amides is 1. The smallest absolute Gasteiger partial charge is 0.240 e. The Hall–Kier alpha value is -2.59. The number of hydrogen-bond donors (Lipinski definition) is 1. The van der Waals surface area contributed by atoms with Crippen LogP contribution in [0.5, 0.6) is 0 Å². The molecule has 7 heteroatoms. The predicted octanol–water partition coefficient (Wildman–Crippen LogP) is 2.39. The number of rotatable bonds is 4. The zero-order chi connectivity index (χ0) is 16.9. The number of hydrogen-bond acceptors (Lipinski definition) is 6. The number of anilines is 1. The van der Waals surface area contributed by atoms with Crippen LogP contribution in [0.2, 0.25) is 0 Å². The number of nitrogens with zero attached hydrogens (tertiary/aromatic N) is 4. The molecule has 1 fully saturated rings. The Kier molecular flexibility index (Phi) is 4.96. The van der Waals surface area contributed by atoms with E-state index in [-0.39, 0.29) is 17.3 Å². The lowest BCUT2D eigenvalue weighted by atomic mass is 10.1. The predicted molar refractivity (Wildman–Crippen MR) is 92.0 cm³/mol. The van der Waals surface area contributed by atoms with Crippen LogP contribution in [0.25, 0.3) is 0 Å². The van der Waals surface area contributed by atoms with Crippen LogP contribution in [-0.2, 0) is 4.79 Å². The first-order chi connectivity index (χ1) is 11.7. The van der Waals surface area contributed by atoms with Gasteiger partial charge in [-0.15, -0.1) is 0 Å². The molecule has 0 radical (unpaired) electrons. The van der Waals surface area contributed by atoms with Gasteiger partial charge in [-0.1, -0.05) is 42.1 Å². The van der Waals surface area contributed by atoms with E-state index in [1.165, 1.54) is 18.0 Å². The van der Waals surface area contributed by atoms with Gasteiger partial charge in [0.25, 0.3) is 0 Å². The number of carbonyl (C=O) groups is 1. The number of nitriles is 1. The normalized spacial score (nSPS) is 15.0. The average molecular weight is 339 g/mol. The molecule has 1 aliphatic heterocycles. The number of carbonyl (C=O) groups excluding carboxylic acids is 1. The lowest BCUT2D eigenvalue weighted by Crippen LogP contribution is -2.31. The molecule has 3 rings (SSSR count). The molecule has 1 aromatic heterocycles. The molecule has 0 aliphatic carbocycles. The summed E-state index contributed by atoms with van der Waals surface area (Å²) < 4.78 is 0. The molecule has 1 atom stereocenters. The lowest BCUT2D eigenvalue weighted by Gasteiger charge is -2.22. The Morgan fingerprint density at radius 1 is 1.29 bits per heavy atom. The van der Waals surface area contributed by atoms with Crippen LogP contribution in [0, 0.1) is 11.3 Å². The van der Waals surface area contributed by atoms with E-state index in [9.17, 15) is 4.79 Å². The number of benzene rings is 1. The fourth-order valence-corrected chi connectivity index (χ4v) is 3.64. The Morgan fingerprint density at radius 3 is 2.62 bits per heavy atom. The molecule has 0 unspecified atom stereocenters. The Bertz CT molecular complexity index is 768. The van der Waals surface area contributed by atoms with Crippen molar-refractivity contribution in [1.29, 1.82) is 5.26 Å². The van der Waals surface area contributed by atoms with E-state index in [0.717, 1.165) is 31.5 Å². The minimum absolute atomic E-state index is 0.0650. The summed E-state index contributed by atoms with van der Waals surface area (Å²) >= 11 is 1.27.